The normalized spacial score (nSPS) is 21.5. The zero-order valence-electron chi connectivity index (χ0n) is 20.1. The van der Waals surface area contributed by atoms with Crippen LogP contribution in [0.5, 0.6) is 0 Å². The molecule has 1 aliphatic heterocycles. The summed E-state index contributed by atoms with van der Waals surface area (Å²) in [6.07, 6.45) is 6.37. The van der Waals surface area contributed by atoms with Crippen molar-refractivity contribution in [3.63, 3.8) is 0 Å². The minimum absolute atomic E-state index is 0.0175. The first-order valence-corrected chi connectivity index (χ1v) is 14.1. The number of sulfonamides is 1. The Bertz CT molecular complexity index is 1420. The first-order valence-electron chi connectivity index (χ1n) is 12.3. The van der Waals surface area contributed by atoms with Crippen LogP contribution in [0.3, 0.4) is 0 Å². The van der Waals surface area contributed by atoms with Gasteiger partial charge in [0, 0.05) is 38.9 Å². The molecule has 0 amide bonds. The lowest BCUT2D eigenvalue weighted by molar-refractivity contribution is 0.123. The number of benzene rings is 1. The van der Waals surface area contributed by atoms with E-state index in [1.54, 1.807) is 17.0 Å². The molecular formula is C25H30ClN5O4S. The van der Waals surface area contributed by atoms with E-state index in [1.807, 2.05) is 23.1 Å². The van der Waals surface area contributed by atoms with Gasteiger partial charge in [0.05, 0.1) is 28.4 Å². The third-order valence-corrected chi connectivity index (χ3v) is 9.53. The fourth-order valence-electron chi connectivity index (χ4n) is 5.32. The second-order valence-electron chi connectivity index (χ2n) is 9.71. The molecule has 2 aliphatic rings. The van der Waals surface area contributed by atoms with E-state index >= 15 is 0 Å². The molecule has 1 aliphatic carbocycles. The quantitative estimate of drug-likeness (QED) is 0.520. The highest BCUT2D eigenvalue weighted by atomic mass is 35.5. The standard InChI is InChI=1S/C25H30ClN5O4S/c1-29(15-17-5-4-8-23(17)32)36(34,35)19-13-21(26)24(27-14-19)30-11-9-18(10-12-30)31-16-28-22-7-3-2-6-20(22)25(31)33/h2-3,6-7,13-14,16-18,23,32H,4-5,8-12,15H2,1H3. The summed E-state index contributed by atoms with van der Waals surface area (Å²) in [4.78, 5) is 23.9. The molecule has 0 spiro atoms. The monoisotopic (exact) mass is 531 g/mol. The van der Waals surface area contributed by atoms with Gasteiger partial charge in [-0.15, -0.1) is 0 Å². The van der Waals surface area contributed by atoms with Gasteiger partial charge in [0.15, 0.2) is 0 Å². The molecule has 5 rings (SSSR count). The fraction of sp³-hybridized carbons (Fsp3) is 0.480. The van der Waals surface area contributed by atoms with Gasteiger partial charge in [-0.25, -0.2) is 22.7 Å². The average Bonchev–Trinajstić information content (AvgIpc) is 3.28. The van der Waals surface area contributed by atoms with Crippen LogP contribution in [-0.2, 0) is 10.0 Å². The van der Waals surface area contributed by atoms with Crippen molar-refractivity contribution >= 4 is 38.3 Å². The highest BCUT2D eigenvalue weighted by molar-refractivity contribution is 7.89. The largest absolute Gasteiger partial charge is 0.393 e. The second-order valence-corrected chi connectivity index (χ2v) is 12.2. The zero-order valence-corrected chi connectivity index (χ0v) is 21.7. The molecule has 1 aromatic carbocycles. The lowest BCUT2D eigenvalue weighted by atomic mass is 10.0. The third-order valence-electron chi connectivity index (χ3n) is 7.46. The van der Waals surface area contributed by atoms with E-state index in [1.165, 1.54) is 23.6 Å². The van der Waals surface area contributed by atoms with Crippen molar-refractivity contribution in [2.45, 2.75) is 49.1 Å². The van der Waals surface area contributed by atoms with E-state index in [2.05, 4.69) is 9.97 Å². The number of piperidine rings is 1. The number of aliphatic hydroxyl groups excluding tert-OH is 1. The van der Waals surface area contributed by atoms with Gasteiger partial charge >= 0.3 is 0 Å². The smallest absolute Gasteiger partial charge is 0.261 e. The lowest BCUT2D eigenvalue weighted by Crippen LogP contribution is -2.38. The van der Waals surface area contributed by atoms with Crippen molar-refractivity contribution in [2.24, 2.45) is 5.92 Å². The van der Waals surface area contributed by atoms with E-state index in [9.17, 15) is 18.3 Å². The highest BCUT2D eigenvalue weighted by Crippen LogP contribution is 2.32. The Morgan fingerprint density at radius 2 is 1.89 bits per heavy atom. The number of anilines is 1. The van der Waals surface area contributed by atoms with Crippen LogP contribution in [0, 0.1) is 5.92 Å². The van der Waals surface area contributed by atoms with Gasteiger partial charge in [-0.05, 0) is 49.8 Å². The van der Waals surface area contributed by atoms with Crippen LogP contribution >= 0.6 is 11.6 Å². The summed E-state index contributed by atoms with van der Waals surface area (Å²) in [5, 5.41) is 10.9. The summed E-state index contributed by atoms with van der Waals surface area (Å²) >= 11 is 6.52. The molecule has 1 saturated carbocycles. The predicted octanol–water partition coefficient (Wildman–Crippen LogP) is 3.07. The Hall–Kier alpha value is -2.53. The SMILES string of the molecule is CN(CC1CCCC1O)S(=O)(=O)c1cnc(N2CCC(n3cnc4ccccc4c3=O)CC2)c(Cl)c1. The van der Waals surface area contributed by atoms with Crippen molar-refractivity contribution in [1.82, 2.24) is 18.8 Å². The van der Waals surface area contributed by atoms with Crippen molar-refractivity contribution < 1.29 is 13.5 Å². The first kappa shape index (κ1) is 25.1. The maximum absolute atomic E-state index is 13.1. The van der Waals surface area contributed by atoms with E-state index in [0.29, 0.717) is 49.1 Å². The first-order chi connectivity index (χ1) is 17.3. The van der Waals surface area contributed by atoms with Crippen molar-refractivity contribution in [3.05, 3.63) is 58.2 Å². The van der Waals surface area contributed by atoms with E-state index in [0.717, 1.165) is 12.8 Å². The molecule has 36 heavy (non-hydrogen) atoms. The van der Waals surface area contributed by atoms with Crippen molar-refractivity contribution in [2.75, 3.05) is 31.6 Å². The number of hydrogen-bond acceptors (Lipinski definition) is 7. The summed E-state index contributed by atoms with van der Waals surface area (Å²) in [7, 11) is -2.25. The van der Waals surface area contributed by atoms with E-state index in [-0.39, 0.29) is 34.0 Å². The molecule has 2 fully saturated rings. The number of para-hydroxylation sites is 1. The van der Waals surface area contributed by atoms with Gasteiger partial charge in [-0.2, -0.15) is 0 Å². The maximum Gasteiger partial charge on any atom is 0.261 e. The summed E-state index contributed by atoms with van der Waals surface area (Å²) in [6, 6.07) is 8.79. The third kappa shape index (κ3) is 4.74. The molecule has 2 aromatic heterocycles. The van der Waals surface area contributed by atoms with Crippen LogP contribution in [-0.4, -0.2) is 65.2 Å². The number of nitrogens with zero attached hydrogens (tertiary/aromatic N) is 5. The average molecular weight is 532 g/mol. The molecule has 1 saturated heterocycles. The molecule has 0 radical (unpaired) electrons. The number of halogens is 1. The molecule has 3 aromatic rings. The molecule has 2 atom stereocenters. The van der Waals surface area contributed by atoms with Crippen molar-refractivity contribution in [1.29, 1.82) is 0 Å². The molecule has 0 bridgehead atoms. The van der Waals surface area contributed by atoms with Gasteiger partial charge in [0.25, 0.3) is 5.56 Å². The van der Waals surface area contributed by atoms with Gasteiger partial charge in [0.2, 0.25) is 10.0 Å². The minimum Gasteiger partial charge on any atom is -0.393 e. The lowest BCUT2D eigenvalue weighted by Gasteiger charge is -2.34. The highest BCUT2D eigenvalue weighted by Gasteiger charge is 2.31. The summed E-state index contributed by atoms with van der Waals surface area (Å²) < 4.78 is 29.2. The summed E-state index contributed by atoms with van der Waals surface area (Å²) in [5.41, 5.74) is 0.645. The number of hydrogen-bond donors (Lipinski definition) is 1. The van der Waals surface area contributed by atoms with E-state index in [4.69, 9.17) is 11.6 Å². The predicted molar refractivity (Wildman–Crippen MR) is 139 cm³/mol. The topological polar surface area (TPSA) is 109 Å². The van der Waals surface area contributed by atoms with Crippen LogP contribution in [0.4, 0.5) is 5.82 Å². The molecule has 11 heteroatoms. The Kier molecular flexibility index (Phi) is 7.04. The molecule has 2 unspecified atom stereocenters. The molecule has 1 N–H and O–H groups in total. The summed E-state index contributed by atoms with van der Waals surface area (Å²) in [5.74, 6) is 0.478. The number of fused-ring (bicyclic) bond motifs is 1. The van der Waals surface area contributed by atoms with Crippen LogP contribution in [0.15, 0.2) is 52.5 Å². The number of aromatic nitrogens is 3. The van der Waals surface area contributed by atoms with Gasteiger partial charge in [-0.3, -0.25) is 9.36 Å². The fourth-order valence-corrected chi connectivity index (χ4v) is 6.88. The molecule has 192 valence electrons. The number of rotatable bonds is 6. The van der Waals surface area contributed by atoms with Crippen LogP contribution in [0.2, 0.25) is 5.02 Å². The van der Waals surface area contributed by atoms with E-state index < -0.39 is 16.1 Å². The number of pyridine rings is 1. The molecular weight excluding hydrogens is 502 g/mol. The Labute approximate surface area is 215 Å². The molecule has 3 heterocycles. The van der Waals surface area contributed by atoms with Crippen LogP contribution in [0.25, 0.3) is 10.9 Å². The maximum atomic E-state index is 13.1. The second kappa shape index (κ2) is 10.1. The molecule has 9 nitrogen and oxygen atoms in total. The van der Waals surface area contributed by atoms with Gasteiger partial charge in [-0.1, -0.05) is 30.2 Å². The minimum atomic E-state index is -3.78. The van der Waals surface area contributed by atoms with Crippen molar-refractivity contribution in [3.8, 4) is 0 Å². The van der Waals surface area contributed by atoms with Crippen LogP contribution in [0.1, 0.15) is 38.1 Å². The van der Waals surface area contributed by atoms with Gasteiger partial charge < -0.3 is 10.0 Å². The zero-order chi connectivity index (χ0) is 25.4. The van der Waals surface area contributed by atoms with Gasteiger partial charge in [0.1, 0.15) is 10.7 Å². The summed E-state index contributed by atoms with van der Waals surface area (Å²) in [6.45, 7) is 1.52. The Morgan fingerprint density at radius 3 is 2.58 bits per heavy atom. The number of aliphatic hydroxyl groups is 1. The van der Waals surface area contributed by atoms with Crippen LogP contribution < -0.4 is 10.5 Å². The Morgan fingerprint density at radius 1 is 1.14 bits per heavy atom. The Balaban J connectivity index is 1.28.